The minimum atomic E-state index is -3.48. The first-order chi connectivity index (χ1) is 12.9. The lowest BCUT2D eigenvalue weighted by atomic mass is 10.3. The molecule has 3 heterocycles. The molecule has 0 spiro atoms. The van der Waals surface area contributed by atoms with Gasteiger partial charge in [0.1, 0.15) is 10.7 Å². The predicted molar refractivity (Wildman–Crippen MR) is 104 cm³/mol. The summed E-state index contributed by atoms with van der Waals surface area (Å²) in [7, 11) is -3.48. The number of hydrogen-bond acceptors (Lipinski definition) is 6. The molecule has 0 N–H and O–H groups in total. The molecule has 0 bridgehead atoms. The average molecular weight is 408 g/mol. The molecule has 1 saturated heterocycles. The number of unbranched alkanes of at least 4 members (excludes halogenated alkanes) is 2. The second kappa shape index (κ2) is 8.26. The fourth-order valence-electron chi connectivity index (χ4n) is 2.85. The molecule has 7 nitrogen and oxygen atoms in total. The van der Waals surface area contributed by atoms with Crippen molar-refractivity contribution in [2.24, 2.45) is 0 Å². The molecule has 1 aliphatic rings. The highest BCUT2D eigenvalue weighted by Gasteiger charge is 2.34. The van der Waals surface area contributed by atoms with Crippen LogP contribution in [0.25, 0.3) is 5.65 Å². The summed E-state index contributed by atoms with van der Waals surface area (Å²) in [6, 6.07) is 4.96. The number of sulfone groups is 1. The number of aromatic nitrogens is 2. The number of nitrogens with zero attached hydrogens (tertiary/aromatic N) is 3. The minimum Gasteiger partial charge on any atom is -0.290 e. The summed E-state index contributed by atoms with van der Waals surface area (Å²) < 4.78 is 26.8. The molecule has 3 rings (SSSR count). The summed E-state index contributed by atoms with van der Waals surface area (Å²) in [5.74, 6) is -0.323. The number of imidazole rings is 1. The summed E-state index contributed by atoms with van der Waals surface area (Å²) in [4.78, 5) is 30.0. The van der Waals surface area contributed by atoms with Gasteiger partial charge in [0.2, 0.25) is 0 Å². The fraction of sp³-hybridized carbons (Fsp3) is 0.389. The van der Waals surface area contributed by atoms with E-state index in [9.17, 15) is 18.0 Å². The molecule has 0 unspecified atom stereocenters. The van der Waals surface area contributed by atoms with Gasteiger partial charge in [-0.1, -0.05) is 25.5 Å². The van der Waals surface area contributed by atoms with Crippen molar-refractivity contribution in [2.45, 2.75) is 37.6 Å². The minimum absolute atomic E-state index is 0.0494. The first kappa shape index (κ1) is 19.6. The highest BCUT2D eigenvalue weighted by atomic mass is 32.2. The van der Waals surface area contributed by atoms with Crippen LogP contribution in [0, 0.1) is 0 Å². The molecular weight excluding hydrogens is 386 g/mol. The zero-order valence-electron chi connectivity index (χ0n) is 15.0. The Morgan fingerprint density at radius 1 is 1.22 bits per heavy atom. The highest BCUT2D eigenvalue weighted by Crippen LogP contribution is 2.31. The van der Waals surface area contributed by atoms with Crippen molar-refractivity contribution in [3.05, 3.63) is 41.6 Å². The summed E-state index contributed by atoms with van der Waals surface area (Å²) >= 11 is 0.955. The number of carbonyl (C=O) groups is 2. The zero-order valence-corrected chi connectivity index (χ0v) is 16.6. The number of thioether (sulfide) groups is 1. The topological polar surface area (TPSA) is 88.8 Å². The van der Waals surface area contributed by atoms with Crippen molar-refractivity contribution in [1.29, 1.82) is 0 Å². The number of allylic oxidation sites excluding steroid dienone is 1. The summed E-state index contributed by atoms with van der Waals surface area (Å²) in [6.45, 7) is 2.24. The van der Waals surface area contributed by atoms with Gasteiger partial charge in [0.05, 0.1) is 10.7 Å². The molecule has 1 fully saturated rings. The Bertz CT molecular complexity index is 995. The van der Waals surface area contributed by atoms with Gasteiger partial charge in [0.15, 0.2) is 9.84 Å². The number of hydrogen-bond donors (Lipinski definition) is 0. The van der Waals surface area contributed by atoms with E-state index in [4.69, 9.17) is 0 Å². The van der Waals surface area contributed by atoms with Gasteiger partial charge in [-0.05, 0) is 43.2 Å². The van der Waals surface area contributed by atoms with Gasteiger partial charge in [-0.25, -0.2) is 13.4 Å². The molecule has 2 amide bonds. The van der Waals surface area contributed by atoms with Crippen molar-refractivity contribution in [3.8, 4) is 0 Å². The molecule has 27 heavy (non-hydrogen) atoms. The lowest BCUT2D eigenvalue weighted by Gasteiger charge is -2.12. The molecule has 2 aromatic heterocycles. The Morgan fingerprint density at radius 2 is 2.04 bits per heavy atom. The van der Waals surface area contributed by atoms with Crippen molar-refractivity contribution in [3.63, 3.8) is 0 Å². The molecule has 0 aliphatic carbocycles. The van der Waals surface area contributed by atoms with Crippen LogP contribution in [-0.2, 0) is 14.6 Å². The Balaban J connectivity index is 1.58. The van der Waals surface area contributed by atoms with Crippen molar-refractivity contribution < 1.29 is 18.0 Å². The number of fused-ring (bicyclic) bond motifs is 1. The first-order valence-electron chi connectivity index (χ1n) is 8.82. The summed E-state index contributed by atoms with van der Waals surface area (Å²) in [5.41, 5.74) is 0.577. The van der Waals surface area contributed by atoms with Crippen molar-refractivity contribution in [2.75, 3.05) is 12.3 Å². The number of imide groups is 1. The highest BCUT2D eigenvalue weighted by molar-refractivity contribution is 8.18. The third kappa shape index (κ3) is 4.24. The smallest absolute Gasteiger partial charge is 0.290 e. The lowest BCUT2D eigenvalue weighted by molar-refractivity contribution is -0.122. The van der Waals surface area contributed by atoms with Crippen LogP contribution >= 0.6 is 11.8 Å². The van der Waals surface area contributed by atoms with E-state index in [-0.39, 0.29) is 28.5 Å². The zero-order chi connectivity index (χ0) is 19.4. The van der Waals surface area contributed by atoms with Gasteiger partial charge < -0.3 is 0 Å². The maximum atomic E-state index is 12.6. The molecule has 0 aromatic carbocycles. The predicted octanol–water partition coefficient (Wildman–Crippen LogP) is 3.27. The van der Waals surface area contributed by atoms with Gasteiger partial charge in [-0.2, -0.15) is 0 Å². The fourth-order valence-corrected chi connectivity index (χ4v) is 5.25. The van der Waals surface area contributed by atoms with Crippen LogP contribution in [0.2, 0.25) is 0 Å². The maximum Gasteiger partial charge on any atom is 0.293 e. The quantitative estimate of drug-likeness (QED) is 0.493. The second-order valence-corrected chi connectivity index (χ2v) is 9.28. The third-order valence-electron chi connectivity index (χ3n) is 4.25. The SMILES string of the molecule is CCC/C=C1/SC(=O)N(CCCCS(=O)(=O)c2cccc3nccn23)C1=O. The number of pyridine rings is 1. The first-order valence-corrected chi connectivity index (χ1v) is 11.3. The van der Waals surface area contributed by atoms with Gasteiger partial charge in [-0.15, -0.1) is 0 Å². The molecule has 144 valence electrons. The van der Waals surface area contributed by atoms with E-state index in [0.717, 1.165) is 24.6 Å². The van der Waals surface area contributed by atoms with E-state index in [1.54, 1.807) is 41.1 Å². The van der Waals surface area contributed by atoms with Crippen molar-refractivity contribution in [1.82, 2.24) is 14.3 Å². The number of amides is 2. The van der Waals surface area contributed by atoms with E-state index in [1.807, 2.05) is 6.92 Å². The van der Waals surface area contributed by atoms with Gasteiger partial charge in [0, 0.05) is 18.9 Å². The standard InChI is InChI=1S/C18H21N3O4S2/c1-2-3-7-14-17(22)21(18(23)26-14)11-4-5-13-27(24,25)16-9-6-8-15-19-10-12-20(15)16/h6-10,12H,2-5,11,13H2,1H3/b14-7+. The molecule has 1 aliphatic heterocycles. The van der Waals surface area contributed by atoms with Crippen LogP contribution in [0.4, 0.5) is 4.79 Å². The molecule has 2 aromatic rings. The van der Waals surface area contributed by atoms with Crippen LogP contribution in [0.5, 0.6) is 0 Å². The Kier molecular flexibility index (Phi) is 6.01. The van der Waals surface area contributed by atoms with E-state index < -0.39 is 9.84 Å². The number of carbonyl (C=O) groups excluding carboxylic acids is 2. The normalized spacial score (nSPS) is 16.8. The third-order valence-corrected chi connectivity index (χ3v) is 7.00. The summed E-state index contributed by atoms with van der Waals surface area (Å²) in [6.07, 6.45) is 7.44. The molecule has 9 heteroatoms. The summed E-state index contributed by atoms with van der Waals surface area (Å²) in [5, 5.41) is -0.0837. The molecule has 0 saturated carbocycles. The maximum absolute atomic E-state index is 12.6. The Hall–Kier alpha value is -2.13. The molecule has 0 radical (unpaired) electrons. The van der Waals surface area contributed by atoms with E-state index in [2.05, 4.69) is 4.98 Å². The monoisotopic (exact) mass is 407 g/mol. The van der Waals surface area contributed by atoms with E-state index in [1.165, 1.54) is 4.90 Å². The molecular formula is C18H21N3O4S2. The molecule has 0 atom stereocenters. The van der Waals surface area contributed by atoms with Crippen LogP contribution in [-0.4, -0.2) is 46.1 Å². The van der Waals surface area contributed by atoms with Crippen LogP contribution < -0.4 is 0 Å². The Labute approximate surface area is 162 Å². The van der Waals surface area contributed by atoms with Gasteiger partial charge >= 0.3 is 0 Å². The lowest BCUT2D eigenvalue weighted by Crippen LogP contribution is -2.29. The van der Waals surface area contributed by atoms with Crippen molar-refractivity contribution >= 4 is 38.4 Å². The van der Waals surface area contributed by atoms with Crippen LogP contribution in [0.3, 0.4) is 0 Å². The number of rotatable bonds is 8. The van der Waals surface area contributed by atoms with Gasteiger partial charge in [-0.3, -0.25) is 18.9 Å². The Morgan fingerprint density at radius 3 is 2.81 bits per heavy atom. The van der Waals surface area contributed by atoms with Crippen LogP contribution in [0.15, 0.2) is 46.6 Å². The largest absolute Gasteiger partial charge is 0.293 e. The van der Waals surface area contributed by atoms with Gasteiger partial charge in [0.25, 0.3) is 11.1 Å². The van der Waals surface area contributed by atoms with E-state index in [0.29, 0.717) is 23.4 Å². The van der Waals surface area contributed by atoms with Crippen LogP contribution in [0.1, 0.15) is 32.6 Å². The average Bonchev–Trinajstić information content (AvgIpc) is 3.22. The second-order valence-electron chi connectivity index (χ2n) is 6.23. The van der Waals surface area contributed by atoms with E-state index >= 15 is 0 Å².